The number of fused-ring (bicyclic) bond motifs is 1. The summed E-state index contributed by atoms with van der Waals surface area (Å²) in [5, 5.41) is 5.87. The van der Waals surface area contributed by atoms with Crippen molar-refractivity contribution >= 4 is 11.6 Å². The lowest BCUT2D eigenvalue weighted by Gasteiger charge is -2.25. The summed E-state index contributed by atoms with van der Waals surface area (Å²) in [6.45, 7) is 2.52. The Morgan fingerprint density at radius 3 is 2.81 bits per heavy atom. The summed E-state index contributed by atoms with van der Waals surface area (Å²) in [7, 11) is 0. The van der Waals surface area contributed by atoms with Crippen molar-refractivity contribution < 1.29 is 9.18 Å². The summed E-state index contributed by atoms with van der Waals surface area (Å²) >= 11 is 0. The van der Waals surface area contributed by atoms with Gasteiger partial charge >= 0.3 is 0 Å². The molecule has 1 aliphatic rings. The van der Waals surface area contributed by atoms with Gasteiger partial charge in [0.05, 0.1) is 11.7 Å². The second-order valence-electron chi connectivity index (χ2n) is 5.38. The van der Waals surface area contributed by atoms with E-state index in [9.17, 15) is 9.18 Å². The summed E-state index contributed by atoms with van der Waals surface area (Å²) in [5.74, 6) is -0.612. The zero-order valence-electron chi connectivity index (χ0n) is 11.8. The first-order chi connectivity index (χ1) is 10.1. The van der Waals surface area contributed by atoms with Crippen LogP contribution in [0.5, 0.6) is 0 Å². The molecule has 4 heteroatoms. The Kier molecular flexibility index (Phi) is 3.71. The van der Waals surface area contributed by atoms with Gasteiger partial charge in [-0.15, -0.1) is 0 Å². The molecule has 0 fully saturated rings. The second-order valence-corrected chi connectivity index (χ2v) is 5.38. The molecule has 0 bridgehead atoms. The highest BCUT2D eigenvalue weighted by Gasteiger charge is 2.24. The molecule has 2 aromatic carbocycles. The van der Waals surface area contributed by atoms with E-state index >= 15 is 0 Å². The molecule has 1 heterocycles. The van der Waals surface area contributed by atoms with Crippen LogP contribution in [0.4, 0.5) is 10.1 Å². The van der Waals surface area contributed by atoms with E-state index in [4.69, 9.17) is 0 Å². The van der Waals surface area contributed by atoms with E-state index in [0.29, 0.717) is 13.0 Å². The molecular weight excluding hydrogens is 267 g/mol. The van der Waals surface area contributed by atoms with E-state index in [2.05, 4.69) is 16.7 Å². The van der Waals surface area contributed by atoms with Crippen LogP contribution in [0.15, 0.2) is 42.5 Å². The van der Waals surface area contributed by atoms with Gasteiger partial charge in [0.25, 0.3) is 0 Å². The Hall–Kier alpha value is -2.20. The molecule has 1 aliphatic heterocycles. The van der Waals surface area contributed by atoms with Crippen molar-refractivity contribution in [1.29, 1.82) is 0 Å². The Balaban J connectivity index is 1.74. The fraction of sp³-hybridized carbons (Fsp3) is 0.235. The summed E-state index contributed by atoms with van der Waals surface area (Å²) in [4.78, 5) is 12.3. The van der Waals surface area contributed by atoms with Gasteiger partial charge in [0.15, 0.2) is 0 Å². The van der Waals surface area contributed by atoms with Crippen molar-refractivity contribution in [3.05, 3.63) is 65.0 Å². The predicted molar refractivity (Wildman–Crippen MR) is 80.5 cm³/mol. The van der Waals surface area contributed by atoms with Crippen LogP contribution in [0.25, 0.3) is 0 Å². The molecule has 0 unspecified atom stereocenters. The topological polar surface area (TPSA) is 41.1 Å². The summed E-state index contributed by atoms with van der Waals surface area (Å²) in [6.07, 6.45) is 0.620. The lowest BCUT2D eigenvalue weighted by molar-refractivity contribution is -0.118. The maximum absolute atomic E-state index is 13.7. The van der Waals surface area contributed by atoms with Crippen molar-refractivity contribution in [2.45, 2.75) is 25.9 Å². The Morgan fingerprint density at radius 2 is 2.00 bits per heavy atom. The number of rotatable bonds is 2. The van der Waals surface area contributed by atoms with E-state index in [1.54, 1.807) is 12.1 Å². The quantitative estimate of drug-likeness (QED) is 0.890. The van der Waals surface area contributed by atoms with Crippen molar-refractivity contribution in [2.75, 3.05) is 5.32 Å². The molecule has 3 rings (SSSR count). The zero-order chi connectivity index (χ0) is 14.8. The Bertz CT molecular complexity index is 684. The van der Waals surface area contributed by atoms with Gasteiger partial charge in [-0.2, -0.15) is 0 Å². The second kappa shape index (κ2) is 5.66. The highest BCUT2D eigenvalue weighted by atomic mass is 19.1. The van der Waals surface area contributed by atoms with E-state index in [1.807, 2.05) is 25.1 Å². The number of anilines is 1. The molecule has 0 spiro atoms. The van der Waals surface area contributed by atoms with Crippen LogP contribution in [0.3, 0.4) is 0 Å². The van der Waals surface area contributed by atoms with Crippen molar-refractivity contribution in [1.82, 2.24) is 5.32 Å². The maximum Gasteiger partial charge on any atom is 0.241 e. The third-order valence-electron chi connectivity index (χ3n) is 3.78. The molecule has 2 N–H and O–H groups in total. The number of carbonyl (C=O) groups is 1. The molecule has 108 valence electrons. The van der Waals surface area contributed by atoms with Gasteiger partial charge in [-0.3, -0.25) is 4.79 Å². The van der Waals surface area contributed by atoms with Gasteiger partial charge in [0.1, 0.15) is 5.82 Å². The number of amides is 1. The monoisotopic (exact) mass is 284 g/mol. The van der Waals surface area contributed by atoms with Crippen LogP contribution in [0.1, 0.15) is 16.7 Å². The first-order valence-electron chi connectivity index (χ1n) is 7.00. The van der Waals surface area contributed by atoms with Gasteiger partial charge < -0.3 is 10.6 Å². The van der Waals surface area contributed by atoms with Crippen LogP contribution < -0.4 is 10.6 Å². The summed E-state index contributed by atoms with van der Waals surface area (Å²) < 4.78 is 13.7. The molecule has 0 saturated carbocycles. The number of aryl methyl sites for hydroxylation is 1. The van der Waals surface area contributed by atoms with E-state index in [0.717, 1.165) is 5.56 Å². The average molecular weight is 284 g/mol. The standard InChI is InChI=1S/C17H17FN2O/c1-11-6-7-14(18)15(8-11)20-17(21)16-9-12-4-2-3-5-13(12)10-19-16/h2-8,16,19H,9-10H2,1H3,(H,20,21)/t16-/m1/s1. The maximum atomic E-state index is 13.7. The highest BCUT2D eigenvalue weighted by molar-refractivity contribution is 5.95. The van der Waals surface area contributed by atoms with Crippen LogP contribution in [-0.2, 0) is 17.8 Å². The van der Waals surface area contributed by atoms with Crippen LogP contribution in [0, 0.1) is 12.7 Å². The van der Waals surface area contributed by atoms with Crippen LogP contribution in [0.2, 0.25) is 0 Å². The third kappa shape index (κ3) is 2.95. The van der Waals surface area contributed by atoms with E-state index in [-0.39, 0.29) is 17.6 Å². The normalized spacial score (nSPS) is 17.1. The number of hydrogen-bond donors (Lipinski definition) is 2. The third-order valence-corrected chi connectivity index (χ3v) is 3.78. The summed E-state index contributed by atoms with van der Waals surface area (Å²) in [6, 6.07) is 12.4. The van der Waals surface area contributed by atoms with Gasteiger partial charge in [-0.25, -0.2) is 4.39 Å². The van der Waals surface area contributed by atoms with Gasteiger partial charge in [0, 0.05) is 6.54 Å². The first kappa shape index (κ1) is 13.8. The fourth-order valence-electron chi connectivity index (χ4n) is 2.59. The minimum Gasteiger partial charge on any atom is -0.322 e. The van der Waals surface area contributed by atoms with Gasteiger partial charge in [-0.1, -0.05) is 30.3 Å². The lowest BCUT2D eigenvalue weighted by Crippen LogP contribution is -2.44. The molecule has 2 aromatic rings. The predicted octanol–water partition coefficient (Wildman–Crippen LogP) is 2.79. The Labute approximate surface area is 123 Å². The number of carbonyl (C=O) groups excluding carboxylic acids is 1. The van der Waals surface area contributed by atoms with Crippen molar-refractivity contribution in [2.24, 2.45) is 0 Å². The first-order valence-corrected chi connectivity index (χ1v) is 7.00. The van der Waals surface area contributed by atoms with Gasteiger partial charge in [0.2, 0.25) is 5.91 Å². The number of halogens is 1. The fourth-order valence-corrected chi connectivity index (χ4v) is 2.59. The van der Waals surface area contributed by atoms with E-state index in [1.165, 1.54) is 17.2 Å². The molecule has 0 saturated heterocycles. The van der Waals surface area contributed by atoms with Gasteiger partial charge in [-0.05, 0) is 42.2 Å². The lowest BCUT2D eigenvalue weighted by atomic mass is 9.95. The van der Waals surface area contributed by atoms with E-state index < -0.39 is 5.82 Å². The number of hydrogen-bond acceptors (Lipinski definition) is 2. The van der Waals surface area contributed by atoms with Crippen molar-refractivity contribution in [3.63, 3.8) is 0 Å². The molecule has 21 heavy (non-hydrogen) atoms. The number of benzene rings is 2. The van der Waals surface area contributed by atoms with Crippen LogP contribution >= 0.6 is 0 Å². The summed E-state index contributed by atoms with van der Waals surface area (Å²) in [5.41, 5.74) is 3.53. The zero-order valence-corrected chi connectivity index (χ0v) is 11.8. The molecule has 3 nitrogen and oxygen atoms in total. The molecular formula is C17H17FN2O. The minimum atomic E-state index is -0.412. The smallest absolute Gasteiger partial charge is 0.241 e. The SMILES string of the molecule is Cc1ccc(F)c(NC(=O)[C@H]2Cc3ccccc3CN2)c1. The van der Waals surface area contributed by atoms with Crippen LogP contribution in [-0.4, -0.2) is 11.9 Å². The molecule has 1 atom stereocenters. The van der Waals surface area contributed by atoms with Crippen molar-refractivity contribution in [3.8, 4) is 0 Å². The minimum absolute atomic E-state index is 0.200. The largest absolute Gasteiger partial charge is 0.322 e. The number of nitrogens with one attached hydrogen (secondary N) is 2. The Morgan fingerprint density at radius 1 is 1.24 bits per heavy atom. The molecule has 1 amide bonds. The molecule has 0 radical (unpaired) electrons. The molecule has 0 aromatic heterocycles. The molecule has 0 aliphatic carbocycles. The highest BCUT2D eigenvalue weighted by Crippen LogP contribution is 2.19. The average Bonchev–Trinajstić information content (AvgIpc) is 2.50.